The quantitative estimate of drug-likeness (QED) is 0.613. The molecule has 1 aliphatic heterocycles. The Morgan fingerprint density at radius 3 is 2.71 bits per heavy atom. The number of hydrogen-bond donors (Lipinski definition) is 2. The molecule has 88 valence electrons. The molecule has 1 saturated heterocycles. The minimum atomic E-state index is -0.113. The highest BCUT2D eigenvalue weighted by Crippen LogP contribution is 2.18. The fourth-order valence-electron chi connectivity index (χ4n) is 1.21. The Morgan fingerprint density at radius 2 is 2.12 bits per heavy atom. The molecule has 17 heavy (non-hydrogen) atoms. The van der Waals surface area contributed by atoms with Crippen molar-refractivity contribution in [1.29, 1.82) is 0 Å². The molecule has 2 N–H and O–H groups in total. The highest BCUT2D eigenvalue weighted by Gasteiger charge is 2.25. The molecule has 1 aromatic rings. The second kappa shape index (κ2) is 5.01. The van der Waals surface area contributed by atoms with Crippen LogP contribution in [0.1, 0.15) is 12.5 Å². The van der Waals surface area contributed by atoms with Crippen molar-refractivity contribution in [1.82, 2.24) is 5.32 Å². The number of amides is 1. The first kappa shape index (κ1) is 11.7. The van der Waals surface area contributed by atoms with Crippen molar-refractivity contribution in [3.63, 3.8) is 0 Å². The number of benzene rings is 1. The molecule has 0 aromatic heterocycles. The molecule has 0 spiro atoms. The van der Waals surface area contributed by atoms with E-state index in [1.807, 2.05) is 6.92 Å². The van der Waals surface area contributed by atoms with Gasteiger partial charge in [0.15, 0.2) is 5.17 Å². The topological polar surface area (TPSA) is 74.1 Å². The van der Waals surface area contributed by atoms with Crippen LogP contribution in [0, 0.1) is 0 Å². The van der Waals surface area contributed by atoms with Crippen LogP contribution in [0.4, 0.5) is 0 Å². The molecule has 1 atom stereocenters. The number of carbonyl (C=O) groups excluding carboxylic acids is 1. The molecule has 5 nitrogen and oxygen atoms in total. The van der Waals surface area contributed by atoms with Crippen LogP contribution in [0.2, 0.25) is 0 Å². The Balaban J connectivity index is 2.00. The molecule has 0 bridgehead atoms. The maximum atomic E-state index is 11.2. The largest absolute Gasteiger partial charge is 0.508 e. The zero-order valence-corrected chi connectivity index (χ0v) is 9.94. The van der Waals surface area contributed by atoms with Crippen LogP contribution in [-0.4, -0.2) is 27.6 Å². The zero-order valence-electron chi connectivity index (χ0n) is 9.12. The van der Waals surface area contributed by atoms with E-state index in [1.54, 1.807) is 30.5 Å². The van der Waals surface area contributed by atoms with Gasteiger partial charge < -0.3 is 10.4 Å². The SMILES string of the molecule is C[C@H]1S/C(=N/N=C/c2ccc(O)cc2)NC1=O. The summed E-state index contributed by atoms with van der Waals surface area (Å²) in [5, 5.41) is 19.9. The molecule has 0 radical (unpaired) electrons. The summed E-state index contributed by atoms with van der Waals surface area (Å²) in [5.41, 5.74) is 0.828. The van der Waals surface area contributed by atoms with Crippen LogP contribution in [-0.2, 0) is 4.79 Å². The monoisotopic (exact) mass is 249 g/mol. The second-order valence-electron chi connectivity index (χ2n) is 3.49. The van der Waals surface area contributed by atoms with E-state index >= 15 is 0 Å². The Hall–Kier alpha value is -1.82. The van der Waals surface area contributed by atoms with Crippen molar-refractivity contribution < 1.29 is 9.90 Å². The maximum absolute atomic E-state index is 11.2. The first-order valence-corrected chi connectivity index (χ1v) is 5.91. The summed E-state index contributed by atoms with van der Waals surface area (Å²) in [6.45, 7) is 1.81. The summed E-state index contributed by atoms with van der Waals surface area (Å²) in [4.78, 5) is 11.2. The van der Waals surface area contributed by atoms with Gasteiger partial charge in [0.05, 0.1) is 11.5 Å². The Labute approximate surface area is 103 Å². The number of nitrogens with zero attached hydrogens (tertiary/aromatic N) is 2. The van der Waals surface area contributed by atoms with Gasteiger partial charge in [-0.1, -0.05) is 11.8 Å². The minimum Gasteiger partial charge on any atom is -0.508 e. The summed E-state index contributed by atoms with van der Waals surface area (Å²) < 4.78 is 0. The van der Waals surface area contributed by atoms with Gasteiger partial charge in [0, 0.05) is 0 Å². The second-order valence-corrected chi connectivity index (χ2v) is 4.82. The third-order valence-electron chi connectivity index (χ3n) is 2.14. The Bertz CT molecular complexity index is 482. The summed E-state index contributed by atoms with van der Waals surface area (Å²) in [6, 6.07) is 6.59. The van der Waals surface area contributed by atoms with Crippen LogP contribution in [0.15, 0.2) is 34.5 Å². The molecule has 1 amide bonds. The minimum absolute atomic E-state index is 0.0476. The van der Waals surface area contributed by atoms with E-state index in [9.17, 15) is 4.79 Å². The number of phenolic OH excluding ortho intramolecular Hbond substituents is 1. The molecule has 6 heteroatoms. The number of carbonyl (C=O) groups is 1. The number of amidine groups is 1. The maximum Gasteiger partial charge on any atom is 0.239 e. The Kier molecular flexibility index (Phi) is 3.43. The van der Waals surface area contributed by atoms with E-state index in [2.05, 4.69) is 15.5 Å². The molecule has 0 unspecified atom stereocenters. The first-order chi connectivity index (χ1) is 8.15. The standard InChI is InChI=1S/C11H11N3O2S/c1-7-10(16)13-11(17-7)14-12-6-8-2-4-9(15)5-3-8/h2-7,15H,1H3,(H,13,14,16)/b12-6+/t7-/m1/s1. The lowest BCUT2D eigenvalue weighted by Gasteiger charge is -1.92. The van der Waals surface area contributed by atoms with Crippen molar-refractivity contribution in [3.05, 3.63) is 29.8 Å². The van der Waals surface area contributed by atoms with Gasteiger partial charge >= 0.3 is 0 Å². The molecule has 0 aliphatic carbocycles. The molecule has 1 aromatic carbocycles. The van der Waals surface area contributed by atoms with Gasteiger partial charge in [-0.25, -0.2) is 0 Å². The summed E-state index contributed by atoms with van der Waals surface area (Å²) >= 11 is 1.35. The fourth-order valence-corrected chi connectivity index (χ4v) is 1.97. The van der Waals surface area contributed by atoms with Crippen molar-refractivity contribution in [2.24, 2.45) is 10.2 Å². The predicted octanol–water partition coefficient (Wildman–Crippen LogP) is 1.33. The molecule has 2 rings (SSSR count). The van der Waals surface area contributed by atoms with Crippen LogP contribution in [0.5, 0.6) is 5.75 Å². The van der Waals surface area contributed by atoms with Crippen molar-refractivity contribution >= 4 is 29.1 Å². The number of aromatic hydroxyl groups is 1. The number of thioether (sulfide) groups is 1. The lowest BCUT2D eigenvalue weighted by atomic mass is 10.2. The van der Waals surface area contributed by atoms with E-state index < -0.39 is 0 Å². The molecular weight excluding hydrogens is 238 g/mol. The average Bonchev–Trinajstić information content (AvgIpc) is 2.61. The van der Waals surface area contributed by atoms with Gasteiger partial charge in [0.25, 0.3) is 0 Å². The molecule has 1 heterocycles. The summed E-state index contributed by atoms with van der Waals surface area (Å²) in [5.74, 6) is 0.162. The molecular formula is C11H11N3O2S. The van der Waals surface area contributed by atoms with Crippen LogP contribution in [0.25, 0.3) is 0 Å². The number of hydrogen-bond acceptors (Lipinski definition) is 5. The van der Waals surface area contributed by atoms with Gasteiger partial charge in [-0.15, -0.1) is 5.10 Å². The van der Waals surface area contributed by atoms with E-state index in [1.165, 1.54) is 11.8 Å². The highest BCUT2D eigenvalue weighted by molar-refractivity contribution is 8.15. The lowest BCUT2D eigenvalue weighted by Crippen LogP contribution is -2.23. The smallest absolute Gasteiger partial charge is 0.239 e. The number of phenols is 1. The van der Waals surface area contributed by atoms with Crippen LogP contribution in [0.3, 0.4) is 0 Å². The van der Waals surface area contributed by atoms with Gasteiger partial charge in [-0.3, -0.25) is 4.79 Å². The zero-order chi connectivity index (χ0) is 12.3. The van der Waals surface area contributed by atoms with E-state index in [0.29, 0.717) is 5.17 Å². The van der Waals surface area contributed by atoms with Crippen LogP contribution < -0.4 is 5.32 Å². The summed E-state index contributed by atoms with van der Waals surface area (Å²) in [6.07, 6.45) is 1.56. The highest BCUT2D eigenvalue weighted by atomic mass is 32.2. The fraction of sp³-hybridized carbons (Fsp3) is 0.182. The van der Waals surface area contributed by atoms with E-state index in [0.717, 1.165) is 5.56 Å². The number of rotatable bonds is 2. The third-order valence-corrected chi connectivity index (χ3v) is 3.11. The van der Waals surface area contributed by atoms with Gasteiger partial charge in [0.2, 0.25) is 5.91 Å². The van der Waals surface area contributed by atoms with Crippen molar-refractivity contribution in [3.8, 4) is 5.75 Å². The molecule has 1 fully saturated rings. The lowest BCUT2D eigenvalue weighted by molar-refractivity contribution is -0.118. The van der Waals surface area contributed by atoms with Crippen molar-refractivity contribution in [2.75, 3.05) is 0 Å². The normalized spacial score (nSPS) is 22.3. The van der Waals surface area contributed by atoms with Crippen molar-refractivity contribution in [2.45, 2.75) is 12.2 Å². The molecule has 1 aliphatic rings. The average molecular weight is 249 g/mol. The van der Waals surface area contributed by atoms with E-state index in [-0.39, 0.29) is 16.9 Å². The number of nitrogens with one attached hydrogen (secondary N) is 1. The summed E-state index contributed by atoms with van der Waals surface area (Å²) in [7, 11) is 0. The van der Waals surface area contributed by atoms with Crippen LogP contribution >= 0.6 is 11.8 Å². The van der Waals surface area contributed by atoms with Gasteiger partial charge in [-0.05, 0) is 36.8 Å². The van der Waals surface area contributed by atoms with Gasteiger partial charge in [-0.2, -0.15) is 5.10 Å². The predicted molar refractivity (Wildman–Crippen MR) is 68.3 cm³/mol. The third kappa shape index (κ3) is 3.07. The van der Waals surface area contributed by atoms with E-state index in [4.69, 9.17) is 5.11 Å². The van der Waals surface area contributed by atoms with Gasteiger partial charge in [0.1, 0.15) is 5.75 Å². The molecule has 0 saturated carbocycles. The first-order valence-electron chi connectivity index (χ1n) is 5.03. The Morgan fingerprint density at radius 1 is 1.41 bits per heavy atom.